The minimum Gasteiger partial charge on any atom is -0.286 e. The van der Waals surface area contributed by atoms with Gasteiger partial charge >= 0.3 is 6.18 Å². The zero-order valence-electron chi connectivity index (χ0n) is 10.9. The highest BCUT2D eigenvalue weighted by Gasteiger charge is 2.62. The molecular formula is C14H16F3NO2. The van der Waals surface area contributed by atoms with Crippen molar-refractivity contribution in [2.24, 2.45) is 5.41 Å². The highest BCUT2D eigenvalue weighted by atomic mass is 19.4. The van der Waals surface area contributed by atoms with Crippen molar-refractivity contribution in [3.05, 3.63) is 35.9 Å². The molecule has 1 fully saturated rings. The Kier molecular flexibility index (Phi) is 4.04. The summed E-state index contributed by atoms with van der Waals surface area (Å²) in [5.41, 5.74) is -1.84. The van der Waals surface area contributed by atoms with Crippen LogP contribution in [-0.2, 0) is 11.3 Å². The fourth-order valence-electron chi connectivity index (χ4n) is 2.67. The number of alkyl halides is 3. The summed E-state index contributed by atoms with van der Waals surface area (Å²) in [7, 11) is 0. The Hall–Kier alpha value is -1.56. The Labute approximate surface area is 115 Å². The number of benzene rings is 1. The van der Waals surface area contributed by atoms with Crippen molar-refractivity contribution in [1.82, 2.24) is 5.06 Å². The molecule has 1 aromatic carbocycles. The van der Waals surface area contributed by atoms with Gasteiger partial charge in [-0.3, -0.25) is 10.0 Å². The van der Waals surface area contributed by atoms with Gasteiger partial charge in [-0.05, 0) is 18.4 Å². The van der Waals surface area contributed by atoms with Gasteiger partial charge in [0.05, 0.1) is 6.54 Å². The van der Waals surface area contributed by atoms with E-state index in [0.29, 0.717) is 18.4 Å². The Bertz CT molecular complexity index is 467. The van der Waals surface area contributed by atoms with Crippen molar-refractivity contribution >= 4 is 5.91 Å². The van der Waals surface area contributed by atoms with Gasteiger partial charge in [0, 0.05) is 0 Å². The SMILES string of the molecule is O=C(N(O)Cc1ccccc1)C1(C(F)(F)F)CCCC1. The van der Waals surface area contributed by atoms with Crippen LogP contribution in [0.2, 0.25) is 0 Å². The predicted octanol–water partition coefficient (Wildman–Crippen LogP) is 3.53. The summed E-state index contributed by atoms with van der Waals surface area (Å²) in [5, 5.41) is 9.95. The molecule has 0 atom stereocenters. The van der Waals surface area contributed by atoms with Gasteiger partial charge in [-0.15, -0.1) is 0 Å². The molecule has 20 heavy (non-hydrogen) atoms. The second-order valence-electron chi connectivity index (χ2n) is 5.14. The van der Waals surface area contributed by atoms with Crippen LogP contribution in [0.3, 0.4) is 0 Å². The molecule has 0 radical (unpaired) electrons. The normalized spacial score (nSPS) is 18.0. The van der Waals surface area contributed by atoms with Gasteiger partial charge in [-0.1, -0.05) is 43.2 Å². The van der Waals surface area contributed by atoms with E-state index in [9.17, 15) is 23.2 Å². The lowest BCUT2D eigenvalue weighted by atomic mass is 9.84. The monoisotopic (exact) mass is 287 g/mol. The lowest BCUT2D eigenvalue weighted by molar-refractivity contribution is -0.242. The lowest BCUT2D eigenvalue weighted by Crippen LogP contribution is -2.49. The molecule has 1 N–H and O–H groups in total. The van der Waals surface area contributed by atoms with Crippen molar-refractivity contribution in [3.63, 3.8) is 0 Å². The van der Waals surface area contributed by atoms with E-state index in [2.05, 4.69) is 0 Å². The summed E-state index contributed by atoms with van der Waals surface area (Å²) in [4.78, 5) is 12.1. The van der Waals surface area contributed by atoms with E-state index in [-0.39, 0.29) is 24.4 Å². The minimum absolute atomic E-state index is 0.203. The molecule has 1 amide bonds. The number of carbonyl (C=O) groups excluding carboxylic acids is 1. The van der Waals surface area contributed by atoms with Crippen LogP contribution in [0.4, 0.5) is 13.2 Å². The second kappa shape index (κ2) is 5.44. The van der Waals surface area contributed by atoms with Crippen molar-refractivity contribution in [1.29, 1.82) is 0 Å². The van der Waals surface area contributed by atoms with E-state index in [1.807, 2.05) is 0 Å². The third-order valence-electron chi connectivity index (χ3n) is 3.82. The molecule has 0 spiro atoms. The third-order valence-corrected chi connectivity index (χ3v) is 3.82. The maximum atomic E-state index is 13.2. The molecule has 3 nitrogen and oxygen atoms in total. The fourth-order valence-corrected chi connectivity index (χ4v) is 2.67. The Morgan fingerprint density at radius 3 is 2.25 bits per heavy atom. The van der Waals surface area contributed by atoms with Crippen LogP contribution in [0.15, 0.2) is 30.3 Å². The maximum absolute atomic E-state index is 13.2. The van der Waals surface area contributed by atoms with Crippen LogP contribution in [0, 0.1) is 5.41 Å². The summed E-state index contributed by atoms with van der Waals surface area (Å²) in [6, 6.07) is 8.43. The summed E-state index contributed by atoms with van der Waals surface area (Å²) in [5.74, 6) is -1.24. The van der Waals surface area contributed by atoms with Gasteiger partial charge in [0.2, 0.25) is 0 Å². The van der Waals surface area contributed by atoms with E-state index in [1.54, 1.807) is 30.3 Å². The molecule has 0 saturated heterocycles. The van der Waals surface area contributed by atoms with Crippen molar-refractivity contribution in [2.75, 3.05) is 0 Å². The quantitative estimate of drug-likeness (QED) is 0.682. The average Bonchev–Trinajstić information content (AvgIpc) is 2.89. The van der Waals surface area contributed by atoms with Crippen LogP contribution in [-0.4, -0.2) is 22.4 Å². The maximum Gasteiger partial charge on any atom is 0.403 e. The lowest BCUT2D eigenvalue weighted by Gasteiger charge is -2.32. The van der Waals surface area contributed by atoms with E-state index in [1.165, 1.54) is 0 Å². The minimum atomic E-state index is -4.63. The Morgan fingerprint density at radius 2 is 1.75 bits per heavy atom. The van der Waals surface area contributed by atoms with Gasteiger partial charge < -0.3 is 0 Å². The summed E-state index contributed by atoms with van der Waals surface area (Å²) in [6.45, 7) is -0.239. The largest absolute Gasteiger partial charge is 0.403 e. The van der Waals surface area contributed by atoms with Gasteiger partial charge in [0.15, 0.2) is 0 Å². The number of amides is 1. The summed E-state index contributed by atoms with van der Waals surface area (Å²) < 4.78 is 39.6. The van der Waals surface area contributed by atoms with Crippen molar-refractivity contribution in [2.45, 2.75) is 38.4 Å². The molecule has 1 saturated carbocycles. The van der Waals surface area contributed by atoms with Gasteiger partial charge in [-0.25, -0.2) is 5.06 Å². The van der Waals surface area contributed by atoms with Gasteiger partial charge in [0.25, 0.3) is 5.91 Å². The molecule has 0 unspecified atom stereocenters. The standard InChI is InChI=1S/C14H16F3NO2/c15-14(16,17)13(8-4-5-9-13)12(19)18(20)10-11-6-2-1-3-7-11/h1-3,6-7,20H,4-5,8-10H2. The van der Waals surface area contributed by atoms with E-state index < -0.39 is 17.5 Å². The van der Waals surface area contributed by atoms with E-state index >= 15 is 0 Å². The third kappa shape index (κ3) is 2.65. The highest BCUT2D eigenvalue weighted by Crippen LogP contribution is 2.51. The van der Waals surface area contributed by atoms with E-state index in [4.69, 9.17) is 0 Å². The molecule has 2 rings (SSSR count). The first-order chi connectivity index (χ1) is 9.37. The predicted molar refractivity (Wildman–Crippen MR) is 65.7 cm³/mol. The highest BCUT2D eigenvalue weighted by molar-refractivity contribution is 5.83. The zero-order chi connectivity index (χ0) is 14.8. The first-order valence-corrected chi connectivity index (χ1v) is 6.48. The molecule has 0 aliphatic heterocycles. The zero-order valence-corrected chi connectivity index (χ0v) is 10.9. The number of halogens is 3. The molecule has 1 aromatic rings. The number of carbonyl (C=O) groups is 1. The van der Waals surface area contributed by atoms with Crippen LogP contribution < -0.4 is 0 Å². The van der Waals surface area contributed by atoms with Crippen LogP contribution in [0.1, 0.15) is 31.2 Å². The van der Waals surface area contributed by atoms with Gasteiger partial charge in [-0.2, -0.15) is 13.2 Å². The molecule has 1 aliphatic carbocycles. The van der Waals surface area contributed by atoms with Crippen LogP contribution in [0.5, 0.6) is 0 Å². The van der Waals surface area contributed by atoms with Crippen LogP contribution in [0.25, 0.3) is 0 Å². The molecule has 1 aliphatic rings. The molecule has 0 heterocycles. The number of hydrogen-bond acceptors (Lipinski definition) is 2. The molecule has 110 valence electrons. The average molecular weight is 287 g/mol. The summed E-state index contributed by atoms with van der Waals surface area (Å²) >= 11 is 0. The topological polar surface area (TPSA) is 40.5 Å². The van der Waals surface area contributed by atoms with Crippen molar-refractivity contribution < 1.29 is 23.2 Å². The van der Waals surface area contributed by atoms with E-state index in [0.717, 1.165) is 0 Å². The second-order valence-corrected chi connectivity index (χ2v) is 5.14. The van der Waals surface area contributed by atoms with Crippen molar-refractivity contribution in [3.8, 4) is 0 Å². The first kappa shape index (κ1) is 14.8. The van der Waals surface area contributed by atoms with Crippen LogP contribution >= 0.6 is 0 Å². The first-order valence-electron chi connectivity index (χ1n) is 6.48. The molecular weight excluding hydrogens is 271 g/mol. The summed E-state index contributed by atoms with van der Waals surface area (Å²) in [6.07, 6.45) is -4.42. The van der Waals surface area contributed by atoms with Gasteiger partial charge in [0.1, 0.15) is 5.41 Å². The molecule has 0 aromatic heterocycles. The fraction of sp³-hybridized carbons (Fsp3) is 0.500. The molecule has 0 bridgehead atoms. The smallest absolute Gasteiger partial charge is 0.286 e. The number of nitrogens with zero attached hydrogens (tertiary/aromatic N) is 1. The Balaban J connectivity index is 2.16. The number of rotatable bonds is 3. The number of hydrogen-bond donors (Lipinski definition) is 1. The number of hydroxylamine groups is 2. The Morgan fingerprint density at radius 1 is 1.20 bits per heavy atom. The molecule has 6 heteroatoms.